The smallest absolute Gasteiger partial charge is 0.240 e. The van der Waals surface area contributed by atoms with Crippen molar-refractivity contribution < 1.29 is 9.59 Å². The van der Waals surface area contributed by atoms with Gasteiger partial charge in [-0.05, 0) is 38.1 Å². The Hall–Kier alpha value is -1.36. The van der Waals surface area contributed by atoms with Gasteiger partial charge in [-0.25, -0.2) is 0 Å². The lowest BCUT2D eigenvalue weighted by Crippen LogP contribution is -2.42. The van der Waals surface area contributed by atoms with Crippen LogP contribution in [0.5, 0.6) is 0 Å². The summed E-state index contributed by atoms with van der Waals surface area (Å²) in [5.74, 6) is -0.320. The molecule has 0 radical (unpaired) electrons. The van der Waals surface area contributed by atoms with Crippen LogP contribution >= 0.6 is 15.9 Å². The van der Waals surface area contributed by atoms with Crippen LogP contribution in [0.2, 0.25) is 0 Å². The quantitative estimate of drug-likeness (QED) is 0.927. The van der Waals surface area contributed by atoms with E-state index in [0.717, 1.165) is 4.47 Å². The molecule has 0 bridgehead atoms. The molecule has 0 aliphatic rings. The van der Waals surface area contributed by atoms with Gasteiger partial charge in [-0.2, -0.15) is 0 Å². The Bertz CT molecular complexity index is 429. The van der Waals surface area contributed by atoms with Gasteiger partial charge in [0.1, 0.15) is 6.54 Å². The molecule has 98 valence electrons. The summed E-state index contributed by atoms with van der Waals surface area (Å²) in [6, 6.07) is 7.34. The van der Waals surface area contributed by atoms with E-state index in [9.17, 15) is 9.59 Å². The van der Waals surface area contributed by atoms with Gasteiger partial charge in [-0.3, -0.25) is 9.59 Å². The van der Waals surface area contributed by atoms with Crippen molar-refractivity contribution in [3.8, 4) is 0 Å². The molecule has 4 nitrogen and oxygen atoms in total. The fourth-order valence-corrected chi connectivity index (χ4v) is 1.78. The number of hydrogen-bond donors (Lipinski definition) is 1. The molecular formula is C13H17BrN2O2. The average Bonchev–Trinajstić information content (AvgIpc) is 2.26. The van der Waals surface area contributed by atoms with Crippen LogP contribution in [0.15, 0.2) is 28.7 Å². The first-order chi connectivity index (χ1) is 8.40. The third-order valence-electron chi connectivity index (χ3n) is 2.27. The number of benzene rings is 1. The van der Waals surface area contributed by atoms with Crippen LogP contribution in [-0.4, -0.2) is 24.4 Å². The fraction of sp³-hybridized carbons (Fsp3) is 0.385. The van der Waals surface area contributed by atoms with Crippen LogP contribution in [0.3, 0.4) is 0 Å². The Balaban J connectivity index is 2.80. The van der Waals surface area contributed by atoms with E-state index >= 15 is 0 Å². The Kier molecular flexibility index (Phi) is 5.34. The molecule has 0 spiro atoms. The molecule has 0 fully saturated rings. The summed E-state index contributed by atoms with van der Waals surface area (Å²) in [4.78, 5) is 24.7. The maximum Gasteiger partial charge on any atom is 0.240 e. The second kappa shape index (κ2) is 6.54. The van der Waals surface area contributed by atoms with Crippen molar-refractivity contribution in [1.82, 2.24) is 5.32 Å². The summed E-state index contributed by atoms with van der Waals surface area (Å²) in [7, 11) is 0. The molecule has 1 aromatic rings. The van der Waals surface area contributed by atoms with Gasteiger partial charge in [0.05, 0.1) is 0 Å². The Labute approximate surface area is 115 Å². The summed E-state index contributed by atoms with van der Waals surface area (Å²) in [5, 5.41) is 2.77. The van der Waals surface area contributed by atoms with Crippen LogP contribution in [0, 0.1) is 0 Å². The van der Waals surface area contributed by atoms with E-state index in [0.29, 0.717) is 5.69 Å². The molecule has 0 aliphatic heterocycles. The summed E-state index contributed by atoms with van der Waals surface area (Å²) >= 11 is 3.33. The van der Waals surface area contributed by atoms with Crippen LogP contribution in [0.1, 0.15) is 20.8 Å². The van der Waals surface area contributed by atoms with E-state index in [1.54, 1.807) is 12.1 Å². The molecule has 1 aromatic carbocycles. The maximum atomic E-state index is 11.7. The molecule has 0 aromatic heterocycles. The van der Waals surface area contributed by atoms with Crippen LogP contribution in [-0.2, 0) is 9.59 Å². The monoisotopic (exact) mass is 312 g/mol. The lowest BCUT2D eigenvalue weighted by molar-refractivity contribution is -0.123. The number of halogens is 1. The number of amides is 2. The number of nitrogens with zero attached hydrogens (tertiary/aromatic N) is 1. The zero-order valence-corrected chi connectivity index (χ0v) is 12.3. The first-order valence-corrected chi connectivity index (χ1v) is 6.52. The number of rotatable bonds is 4. The number of nitrogens with one attached hydrogen (secondary N) is 1. The fourth-order valence-electron chi connectivity index (χ4n) is 1.52. The lowest BCUT2D eigenvalue weighted by Gasteiger charge is -2.21. The highest BCUT2D eigenvalue weighted by atomic mass is 79.9. The molecule has 18 heavy (non-hydrogen) atoms. The third-order valence-corrected chi connectivity index (χ3v) is 2.80. The molecule has 1 N–H and O–H groups in total. The summed E-state index contributed by atoms with van der Waals surface area (Å²) < 4.78 is 0.932. The molecular weight excluding hydrogens is 296 g/mol. The van der Waals surface area contributed by atoms with Gasteiger partial charge in [-0.15, -0.1) is 0 Å². The van der Waals surface area contributed by atoms with Crippen molar-refractivity contribution >= 4 is 33.4 Å². The van der Waals surface area contributed by atoms with Crippen molar-refractivity contribution in [1.29, 1.82) is 0 Å². The summed E-state index contributed by atoms with van der Waals surface area (Å²) in [6.07, 6.45) is 0. The van der Waals surface area contributed by atoms with Gasteiger partial charge in [0.25, 0.3) is 0 Å². The van der Waals surface area contributed by atoms with E-state index in [4.69, 9.17) is 0 Å². The minimum Gasteiger partial charge on any atom is -0.352 e. The molecule has 0 unspecified atom stereocenters. The molecule has 5 heteroatoms. The van der Waals surface area contributed by atoms with Gasteiger partial charge in [0.2, 0.25) is 11.8 Å². The third kappa shape index (κ3) is 4.49. The molecule has 0 saturated carbocycles. The first-order valence-electron chi connectivity index (χ1n) is 5.73. The Morgan fingerprint density at radius 1 is 1.28 bits per heavy atom. The van der Waals surface area contributed by atoms with E-state index in [1.807, 2.05) is 26.0 Å². The largest absolute Gasteiger partial charge is 0.352 e. The van der Waals surface area contributed by atoms with E-state index in [-0.39, 0.29) is 24.4 Å². The van der Waals surface area contributed by atoms with Gasteiger partial charge in [-0.1, -0.05) is 15.9 Å². The van der Waals surface area contributed by atoms with Crippen LogP contribution in [0.25, 0.3) is 0 Å². The molecule has 0 aliphatic carbocycles. The highest BCUT2D eigenvalue weighted by molar-refractivity contribution is 9.10. The van der Waals surface area contributed by atoms with E-state index < -0.39 is 0 Å². The summed E-state index contributed by atoms with van der Waals surface area (Å²) in [5.41, 5.74) is 0.713. The SMILES string of the molecule is CC(=O)N(CC(=O)NC(C)C)c1ccc(Br)cc1. The predicted molar refractivity (Wildman–Crippen MR) is 75.4 cm³/mol. The van der Waals surface area contributed by atoms with Crippen molar-refractivity contribution in [2.75, 3.05) is 11.4 Å². The minimum absolute atomic E-state index is 0.0369. The van der Waals surface area contributed by atoms with Crippen LogP contribution in [0.4, 0.5) is 5.69 Å². The highest BCUT2D eigenvalue weighted by Gasteiger charge is 2.15. The number of carbonyl (C=O) groups is 2. The first kappa shape index (κ1) is 14.7. The van der Waals surface area contributed by atoms with Crippen molar-refractivity contribution in [3.05, 3.63) is 28.7 Å². The van der Waals surface area contributed by atoms with Gasteiger partial charge in [0.15, 0.2) is 0 Å². The molecule has 2 amide bonds. The highest BCUT2D eigenvalue weighted by Crippen LogP contribution is 2.18. The number of anilines is 1. The zero-order valence-electron chi connectivity index (χ0n) is 10.7. The van der Waals surface area contributed by atoms with Crippen LogP contribution < -0.4 is 10.2 Å². The van der Waals surface area contributed by atoms with Crippen molar-refractivity contribution in [2.24, 2.45) is 0 Å². The number of carbonyl (C=O) groups excluding carboxylic acids is 2. The van der Waals surface area contributed by atoms with E-state index in [2.05, 4.69) is 21.2 Å². The Morgan fingerprint density at radius 2 is 1.83 bits per heavy atom. The second-order valence-corrected chi connectivity index (χ2v) is 5.22. The van der Waals surface area contributed by atoms with Gasteiger partial charge < -0.3 is 10.2 Å². The Morgan fingerprint density at radius 3 is 2.28 bits per heavy atom. The average molecular weight is 313 g/mol. The normalized spacial score (nSPS) is 10.3. The van der Waals surface area contributed by atoms with Gasteiger partial charge in [0, 0.05) is 23.1 Å². The molecule has 0 saturated heterocycles. The molecule has 0 atom stereocenters. The predicted octanol–water partition coefficient (Wildman–Crippen LogP) is 2.33. The zero-order chi connectivity index (χ0) is 13.7. The van der Waals surface area contributed by atoms with Crippen molar-refractivity contribution in [3.63, 3.8) is 0 Å². The summed E-state index contributed by atoms with van der Waals surface area (Å²) in [6.45, 7) is 5.26. The van der Waals surface area contributed by atoms with E-state index in [1.165, 1.54) is 11.8 Å². The second-order valence-electron chi connectivity index (χ2n) is 4.30. The van der Waals surface area contributed by atoms with Crippen molar-refractivity contribution in [2.45, 2.75) is 26.8 Å². The number of hydrogen-bond acceptors (Lipinski definition) is 2. The molecule has 1 rings (SSSR count). The van der Waals surface area contributed by atoms with Gasteiger partial charge >= 0.3 is 0 Å². The lowest BCUT2D eigenvalue weighted by atomic mass is 10.2. The topological polar surface area (TPSA) is 49.4 Å². The standard InChI is InChI=1S/C13H17BrN2O2/c1-9(2)15-13(18)8-16(10(3)17)12-6-4-11(14)5-7-12/h4-7,9H,8H2,1-3H3,(H,15,18). The molecule has 0 heterocycles. The minimum atomic E-state index is -0.164. The maximum absolute atomic E-state index is 11.7.